The van der Waals surface area contributed by atoms with Crippen LogP contribution in [0.15, 0.2) is 24.4 Å². The lowest BCUT2D eigenvalue weighted by Crippen LogP contribution is -2.11. The fourth-order valence-corrected chi connectivity index (χ4v) is 1.56. The fourth-order valence-electron chi connectivity index (χ4n) is 1.25. The van der Waals surface area contributed by atoms with Crippen LogP contribution in [0.5, 0.6) is 0 Å². The number of anilines is 3. The second-order valence-electron chi connectivity index (χ2n) is 3.28. The van der Waals surface area contributed by atoms with Crippen LogP contribution < -0.4 is 16.6 Å². The van der Waals surface area contributed by atoms with Crippen molar-refractivity contribution in [2.75, 3.05) is 10.7 Å². The number of hydrogen-bond donors (Lipinski definition) is 3. The first kappa shape index (κ1) is 12.8. The number of nitrogens with zero attached hydrogens (tertiary/aromatic N) is 2. The molecule has 5 nitrogen and oxygen atoms in total. The van der Waals surface area contributed by atoms with Crippen LogP contribution in [-0.4, -0.2) is 9.97 Å². The van der Waals surface area contributed by atoms with E-state index in [-0.39, 0.29) is 22.5 Å². The minimum Gasteiger partial charge on any atom is -0.336 e. The molecule has 0 aliphatic heterocycles. The zero-order chi connectivity index (χ0) is 13.1. The molecule has 18 heavy (non-hydrogen) atoms. The van der Waals surface area contributed by atoms with Gasteiger partial charge in [0.1, 0.15) is 10.8 Å². The molecule has 2 rings (SSSR count). The van der Waals surface area contributed by atoms with Gasteiger partial charge in [-0.25, -0.2) is 15.2 Å². The molecule has 0 bridgehead atoms. The average Bonchev–Trinajstić information content (AvgIpc) is 2.36. The number of aromatic nitrogens is 2. The van der Waals surface area contributed by atoms with Crippen molar-refractivity contribution >= 4 is 40.7 Å². The zero-order valence-corrected chi connectivity index (χ0v) is 10.4. The Hall–Kier alpha value is -1.63. The lowest BCUT2D eigenvalue weighted by Gasteiger charge is -2.09. The number of nitrogens with one attached hydrogen (secondary N) is 2. The molecule has 0 atom stereocenters. The van der Waals surface area contributed by atoms with Gasteiger partial charge in [0.05, 0.1) is 11.9 Å². The SMILES string of the molecule is NNc1ncc(Cl)c(Nc2cc(Cl)ccc2F)n1. The van der Waals surface area contributed by atoms with Crippen molar-refractivity contribution in [3.63, 3.8) is 0 Å². The predicted molar refractivity (Wildman–Crippen MR) is 69.5 cm³/mol. The summed E-state index contributed by atoms with van der Waals surface area (Å²) in [7, 11) is 0. The van der Waals surface area contributed by atoms with Crippen LogP contribution in [0.4, 0.5) is 21.8 Å². The third kappa shape index (κ3) is 2.79. The van der Waals surface area contributed by atoms with Gasteiger partial charge in [0.15, 0.2) is 5.82 Å². The Morgan fingerprint density at radius 3 is 2.78 bits per heavy atom. The molecular weight excluding hydrogens is 280 g/mol. The summed E-state index contributed by atoms with van der Waals surface area (Å²) in [5.74, 6) is 5.08. The monoisotopic (exact) mass is 287 g/mol. The van der Waals surface area contributed by atoms with Crippen LogP contribution >= 0.6 is 23.2 Å². The van der Waals surface area contributed by atoms with Crippen LogP contribution in [0, 0.1) is 5.82 Å². The van der Waals surface area contributed by atoms with Gasteiger partial charge in [0.25, 0.3) is 0 Å². The number of benzene rings is 1. The maximum absolute atomic E-state index is 13.5. The van der Waals surface area contributed by atoms with Crippen molar-refractivity contribution in [2.45, 2.75) is 0 Å². The highest BCUT2D eigenvalue weighted by Gasteiger charge is 2.08. The van der Waals surface area contributed by atoms with E-state index in [0.717, 1.165) is 0 Å². The van der Waals surface area contributed by atoms with Crippen molar-refractivity contribution in [3.8, 4) is 0 Å². The molecule has 0 spiro atoms. The van der Waals surface area contributed by atoms with E-state index < -0.39 is 5.82 Å². The van der Waals surface area contributed by atoms with Crippen molar-refractivity contribution in [1.82, 2.24) is 9.97 Å². The highest BCUT2D eigenvalue weighted by atomic mass is 35.5. The summed E-state index contributed by atoms with van der Waals surface area (Å²) >= 11 is 11.7. The van der Waals surface area contributed by atoms with Crippen molar-refractivity contribution in [1.29, 1.82) is 0 Å². The summed E-state index contributed by atoms with van der Waals surface area (Å²) in [5.41, 5.74) is 2.42. The molecule has 1 heterocycles. The highest BCUT2D eigenvalue weighted by Crippen LogP contribution is 2.27. The molecule has 0 radical (unpaired) electrons. The molecule has 0 aliphatic rings. The van der Waals surface area contributed by atoms with Crippen LogP contribution in [0.3, 0.4) is 0 Å². The third-order valence-electron chi connectivity index (χ3n) is 2.05. The van der Waals surface area contributed by atoms with Gasteiger partial charge >= 0.3 is 0 Å². The van der Waals surface area contributed by atoms with E-state index >= 15 is 0 Å². The second kappa shape index (κ2) is 5.34. The summed E-state index contributed by atoms with van der Waals surface area (Å²) in [5, 5.41) is 3.34. The molecule has 0 saturated carbocycles. The average molecular weight is 288 g/mol. The normalized spacial score (nSPS) is 10.2. The van der Waals surface area contributed by atoms with Crippen molar-refractivity contribution < 1.29 is 4.39 Å². The molecule has 8 heteroatoms. The number of halogens is 3. The molecule has 1 aromatic carbocycles. The van der Waals surface area contributed by atoms with Gasteiger partial charge in [-0.3, -0.25) is 5.43 Å². The number of rotatable bonds is 3. The Labute approximate surface area is 112 Å². The standard InChI is InChI=1S/C10H8Cl2FN5/c11-5-1-2-7(13)8(3-5)16-9-6(12)4-15-10(17-9)18-14/h1-4H,14H2,(H2,15,16,17,18). The lowest BCUT2D eigenvalue weighted by molar-refractivity contribution is 0.632. The van der Waals surface area contributed by atoms with Crippen molar-refractivity contribution in [2.24, 2.45) is 5.84 Å². The summed E-state index contributed by atoms with van der Waals surface area (Å²) in [6.45, 7) is 0. The van der Waals surface area contributed by atoms with Gasteiger partial charge in [-0.2, -0.15) is 4.98 Å². The fraction of sp³-hybridized carbons (Fsp3) is 0. The van der Waals surface area contributed by atoms with E-state index in [4.69, 9.17) is 29.0 Å². The highest BCUT2D eigenvalue weighted by molar-refractivity contribution is 6.33. The van der Waals surface area contributed by atoms with Gasteiger partial charge in [-0.15, -0.1) is 0 Å². The number of nitrogens with two attached hydrogens (primary N) is 1. The summed E-state index contributed by atoms with van der Waals surface area (Å²) in [6, 6.07) is 4.10. The largest absolute Gasteiger partial charge is 0.336 e. The van der Waals surface area contributed by atoms with E-state index in [2.05, 4.69) is 20.7 Å². The molecular formula is C10H8Cl2FN5. The first-order valence-electron chi connectivity index (χ1n) is 4.81. The molecule has 94 valence electrons. The number of nitrogen functional groups attached to an aromatic ring is 1. The van der Waals surface area contributed by atoms with Gasteiger partial charge < -0.3 is 5.32 Å². The quantitative estimate of drug-likeness (QED) is 0.598. The minimum absolute atomic E-state index is 0.157. The number of hydrazine groups is 1. The van der Waals surface area contributed by atoms with E-state index in [1.165, 1.54) is 24.4 Å². The maximum Gasteiger partial charge on any atom is 0.239 e. The minimum atomic E-state index is -0.476. The molecule has 0 saturated heterocycles. The van der Waals surface area contributed by atoms with E-state index in [1.54, 1.807) is 0 Å². The topological polar surface area (TPSA) is 75.9 Å². The summed E-state index contributed by atoms with van der Waals surface area (Å²) in [4.78, 5) is 7.76. The molecule has 2 aromatic rings. The molecule has 0 amide bonds. The molecule has 0 aliphatic carbocycles. The molecule has 0 fully saturated rings. The molecule has 0 unspecified atom stereocenters. The molecule has 4 N–H and O–H groups in total. The summed E-state index contributed by atoms with van der Waals surface area (Å²) < 4.78 is 13.5. The van der Waals surface area contributed by atoms with Crippen molar-refractivity contribution in [3.05, 3.63) is 40.3 Å². The van der Waals surface area contributed by atoms with Crippen LogP contribution in [0.2, 0.25) is 10.0 Å². The zero-order valence-electron chi connectivity index (χ0n) is 8.92. The first-order valence-corrected chi connectivity index (χ1v) is 5.57. The van der Waals surface area contributed by atoms with Gasteiger partial charge in [0.2, 0.25) is 5.95 Å². The third-order valence-corrected chi connectivity index (χ3v) is 2.57. The van der Waals surface area contributed by atoms with Crippen LogP contribution in [0.25, 0.3) is 0 Å². The Balaban J connectivity index is 2.36. The number of hydrogen-bond acceptors (Lipinski definition) is 5. The van der Waals surface area contributed by atoms with Crippen LogP contribution in [0.1, 0.15) is 0 Å². The van der Waals surface area contributed by atoms with Gasteiger partial charge in [-0.05, 0) is 18.2 Å². The maximum atomic E-state index is 13.5. The van der Waals surface area contributed by atoms with E-state index in [9.17, 15) is 4.39 Å². The Morgan fingerprint density at radius 2 is 2.06 bits per heavy atom. The van der Waals surface area contributed by atoms with E-state index in [0.29, 0.717) is 5.02 Å². The Kier molecular flexibility index (Phi) is 3.81. The first-order chi connectivity index (χ1) is 8.60. The predicted octanol–water partition coefficient (Wildman–Crippen LogP) is 2.95. The van der Waals surface area contributed by atoms with Gasteiger partial charge in [0, 0.05) is 5.02 Å². The molecule has 1 aromatic heterocycles. The summed E-state index contributed by atoms with van der Waals surface area (Å²) in [6.07, 6.45) is 1.34. The van der Waals surface area contributed by atoms with Gasteiger partial charge in [-0.1, -0.05) is 23.2 Å². The Morgan fingerprint density at radius 1 is 1.28 bits per heavy atom. The second-order valence-corrected chi connectivity index (χ2v) is 4.13. The van der Waals surface area contributed by atoms with Crippen LogP contribution in [-0.2, 0) is 0 Å². The lowest BCUT2D eigenvalue weighted by atomic mass is 10.3. The smallest absolute Gasteiger partial charge is 0.239 e. The van der Waals surface area contributed by atoms with E-state index in [1.807, 2.05) is 0 Å². The Bertz CT molecular complexity index is 578.